The van der Waals surface area contributed by atoms with E-state index < -0.39 is 0 Å². The minimum absolute atomic E-state index is 0. The third-order valence-electron chi connectivity index (χ3n) is 2.69. The summed E-state index contributed by atoms with van der Waals surface area (Å²) in [7, 11) is 1.68. The molecule has 17 heavy (non-hydrogen) atoms. The van der Waals surface area contributed by atoms with E-state index in [4.69, 9.17) is 34.7 Å². The molecule has 107 valence electrons. The SMILES string of the molecule is COCCOCCN1CCN(C([S-])[S-])CC1.[Au]. The Kier molecular flexibility index (Phi) is 12.0. The fourth-order valence-corrected chi connectivity index (χ4v) is 2.06. The standard InChI is InChI=1S/C10H22N2O2S2.Au/c1-13-8-9-14-7-6-11-2-4-12(5-3-11)10(15)16;/h10,15-16H,2-9H2,1H3;/p-2. The van der Waals surface area contributed by atoms with Crippen LogP contribution in [-0.2, 0) is 57.1 Å². The van der Waals surface area contributed by atoms with Crippen molar-refractivity contribution in [3.8, 4) is 0 Å². The van der Waals surface area contributed by atoms with E-state index in [9.17, 15) is 0 Å². The molecular weight excluding hydrogens is 441 g/mol. The molecule has 0 aliphatic carbocycles. The third kappa shape index (κ3) is 8.13. The monoisotopic (exact) mass is 461 g/mol. The van der Waals surface area contributed by atoms with Crippen LogP contribution in [0.4, 0.5) is 0 Å². The Labute approximate surface area is 131 Å². The van der Waals surface area contributed by atoms with Gasteiger partial charge in [0.15, 0.2) is 0 Å². The second kappa shape index (κ2) is 11.1. The van der Waals surface area contributed by atoms with Gasteiger partial charge < -0.3 is 39.6 Å². The van der Waals surface area contributed by atoms with Crippen molar-refractivity contribution >= 4 is 25.3 Å². The average molecular weight is 461 g/mol. The van der Waals surface area contributed by atoms with Gasteiger partial charge in [-0.05, 0) is 0 Å². The molecule has 1 fully saturated rings. The van der Waals surface area contributed by atoms with Gasteiger partial charge in [-0.3, -0.25) is 4.90 Å². The number of rotatable bonds is 7. The molecule has 0 aromatic carbocycles. The van der Waals surface area contributed by atoms with Gasteiger partial charge in [-0.2, -0.15) is 0 Å². The van der Waals surface area contributed by atoms with Gasteiger partial charge in [0.2, 0.25) is 0 Å². The molecule has 1 aliphatic rings. The first-order valence-electron chi connectivity index (χ1n) is 5.59. The van der Waals surface area contributed by atoms with Crippen LogP contribution in [0.5, 0.6) is 0 Å². The van der Waals surface area contributed by atoms with Crippen LogP contribution in [0.25, 0.3) is 0 Å². The molecular formula is C10H20AuN2O2S2-2. The molecule has 0 amide bonds. The number of hydrogen-bond donors (Lipinski definition) is 0. The topological polar surface area (TPSA) is 24.9 Å². The summed E-state index contributed by atoms with van der Waals surface area (Å²) in [6.07, 6.45) is 0. The molecule has 1 aliphatic heterocycles. The smallest absolute Gasteiger partial charge is 0.0700 e. The number of nitrogens with zero attached hydrogens (tertiary/aromatic N) is 2. The van der Waals surface area contributed by atoms with Crippen molar-refractivity contribution in [3.05, 3.63) is 0 Å². The second-order valence-corrected chi connectivity index (χ2v) is 4.98. The van der Waals surface area contributed by atoms with E-state index in [1.807, 2.05) is 0 Å². The Morgan fingerprint density at radius 2 is 1.71 bits per heavy atom. The molecule has 1 saturated heterocycles. The normalized spacial score (nSPS) is 18.4. The van der Waals surface area contributed by atoms with Gasteiger partial charge in [0.25, 0.3) is 0 Å². The van der Waals surface area contributed by atoms with Crippen LogP contribution in [0.2, 0.25) is 0 Å². The molecule has 0 aromatic rings. The summed E-state index contributed by atoms with van der Waals surface area (Å²) in [5.41, 5.74) is 0. The zero-order chi connectivity index (χ0) is 11.8. The Morgan fingerprint density at radius 3 is 2.24 bits per heavy atom. The first-order valence-corrected chi connectivity index (χ1v) is 6.53. The maximum Gasteiger partial charge on any atom is 0.0700 e. The van der Waals surface area contributed by atoms with Crippen molar-refractivity contribution < 1.29 is 31.9 Å². The molecule has 0 unspecified atom stereocenters. The van der Waals surface area contributed by atoms with Crippen LogP contribution in [0, 0.1) is 0 Å². The van der Waals surface area contributed by atoms with E-state index in [1.165, 1.54) is 0 Å². The minimum atomic E-state index is -0.153. The van der Waals surface area contributed by atoms with E-state index in [2.05, 4.69) is 9.80 Å². The van der Waals surface area contributed by atoms with Crippen molar-refractivity contribution in [2.75, 3.05) is 59.7 Å². The van der Waals surface area contributed by atoms with Crippen molar-refractivity contribution in [2.24, 2.45) is 0 Å². The van der Waals surface area contributed by atoms with Crippen LogP contribution < -0.4 is 0 Å². The van der Waals surface area contributed by atoms with Gasteiger partial charge in [0.1, 0.15) is 0 Å². The van der Waals surface area contributed by atoms with Gasteiger partial charge in [0, 0.05) is 62.2 Å². The first-order chi connectivity index (χ1) is 7.74. The summed E-state index contributed by atoms with van der Waals surface area (Å²) in [4.78, 5) is 4.54. The minimum Gasteiger partial charge on any atom is -0.800 e. The van der Waals surface area contributed by atoms with Crippen molar-refractivity contribution in [2.45, 2.75) is 4.71 Å². The first kappa shape index (κ1) is 18.3. The predicted molar refractivity (Wildman–Crippen MR) is 69.2 cm³/mol. The van der Waals surface area contributed by atoms with Crippen molar-refractivity contribution in [3.63, 3.8) is 0 Å². The van der Waals surface area contributed by atoms with Crippen LogP contribution in [-0.4, -0.2) is 74.2 Å². The molecule has 1 heterocycles. The molecule has 0 saturated carbocycles. The van der Waals surface area contributed by atoms with E-state index in [0.717, 1.165) is 39.3 Å². The van der Waals surface area contributed by atoms with Gasteiger partial charge in [-0.1, -0.05) is 0 Å². The largest absolute Gasteiger partial charge is 0.800 e. The fraction of sp³-hybridized carbons (Fsp3) is 1.00. The molecule has 1 radical (unpaired) electrons. The van der Waals surface area contributed by atoms with Crippen LogP contribution in [0.1, 0.15) is 0 Å². The Morgan fingerprint density at radius 1 is 1.06 bits per heavy atom. The molecule has 4 nitrogen and oxygen atoms in total. The quantitative estimate of drug-likeness (QED) is 0.292. The fourth-order valence-electron chi connectivity index (χ4n) is 1.64. The summed E-state index contributed by atoms with van der Waals surface area (Å²) in [6.45, 7) is 7.14. The summed E-state index contributed by atoms with van der Waals surface area (Å²) in [5, 5.41) is 0. The molecule has 0 aromatic heterocycles. The number of methoxy groups -OCH3 is 1. The average Bonchev–Trinajstić information content (AvgIpc) is 2.29. The zero-order valence-electron chi connectivity index (χ0n) is 10.1. The van der Waals surface area contributed by atoms with Crippen LogP contribution in [0.3, 0.4) is 0 Å². The Bertz CT molecular complexity index is 182. The van der Waals surface area contributed by atoms with Gasteiger partial charge in [0.05, 0.1) is 19.8 Å². The van der Waals surface area contributed by atoms with Crippen LogP contribution >= 0.6 is 0 Å². The van der Waals surface area contributed by atoms with Crippen molar-refractivity contribution in [1.29, 1.82) is 0 Å². The number of hydrogen-bond acceptors (Lipinski definition) is 6. The summed E-state index contributed by atoms with van der Waals surface area (Å²) >= 11 is 10.1. The maximum absolute atomic E-state index is 5.43. The van der Waals surface area contributed by atoms with Gasteiger partial charge in [-0.25, -0.2) is 4.71 Å². The van der Waals surface area contributed by atoms with Gasteiger partial charge >= 0.3 is 0 Å². The summed E-state index contributed by atoms with van der Waals surface area (Å²) in [6, 6.07) is 0. The van der Waals surface area contributed by atoms with E-state index in [0.29, 0.717) is 13.2 Å². The molecule has 0 atom stereocenters. The zero-order valence-corrected chi connectivity index (χ0v) is 13.9. The maximum atomic E-state index is 5.43. The predicted octanol–water partition coefficient (Wildman–Crippen LogP) is -0.358. The molecule has 1 rings (SSSR count). The third-order valence-corrected chi connectivity index (χ3v) is 3.28. The summed E-state index contributed by atoms with van der Waals surface area (Å²) < 4.78 is 10.2. The van der Waals surface area contributed by atoms with Gasteiger partial charge in [-0.15, -0.1) is 0 Å². The van der Waals surface area contributed by atoms with Crippen LogP contribution in [0.15, 0.2) is 0 Å². The molecule has 0 bridgehead atoms. The molecule has 0 spiro atoms. The Hall–Kier alpha value is 1.28. The summed E-state index contributed by atoms with van der Waals surface area (Å²) in [5.74, 6) is 0. The van der Waals surface area contributed by atoms with Crippen molar-refractivity contribution in [1.82, 2.24) is 9.80 Å². The van der Waals surface area contributed by atoms with E-state index in [1.54, 1.807) is 7.11 Å². The number of piperazine rings is 1. The Balaban J connectivity index is 0.00000256. The second-order valence-electron chi connectivity index (χ2n) is 3.79. The van der Waals surface area contributed by atoms with E-state index in [-0.39, 0.29) is 27.1 Å². The molecule has 7 heteroatoms. The number of ether oxygens (including phenoxy) is 2. The molecule has 0 N–H and O–H groups in total. The van der Waals surface area contributed by atoms with E-state index >= 15 is 0 Å².